The highest BCUT2D eigenvalue weighted by molar-refractivity contribution is 6.50. The summed E-state index contributed by atoms with van der Waals surface area (Å²) in [5.41, 5.74) is 1.21. The highest BCUT2D eigenvalue weighted by Crippen LogP contribution is 2.30. The van der Waals surface area contributed by atoms with Crippen LogP contribution in [0.4, 0.5) is 5.69 Å². The number of nitrogens with one attached hydrogen (secondary N) is 1. The zero-order valence-electron chi connectivity index (χ0n) is 15.8. The Labute approximate surface area is 192 Å². The van der Waals surface area contributed by atoms with E-state index in [-0.39, 0.29) is 33.5 Å². The molecular weight excluding hydrogens is 461 g/mol. The number of fused-ring (bicyclic) bond motifs is 1. The highest BCUT2D eigenvalue weighted by Gasteiger charge is 2.27. The Kier molecular flexibility index (Phi) is 5.87. The molecule has 0 spiro atoms. The number of Topliss-reactive ketones (excluding diaryl/α,β-unsaturated/α-hetero) is 1. The summed E-state index contributed by atoms with van der Waals surface area (Å²) >= 11 is 18.4. The van der Waals surface area contributed by atoms with E-state index < -0.39 is 11.7 Å². The number of hydrogen-bond donors (Lipinski definition) is 1. The van der Waals surface area contributed by atoms with Crippen molar-refractivity contribution in [3.63, 3.8) is 0 Å². The number of rotatable bonds is 5. The molecule has 31 heavy (non-hydrogen) atoms. The standard InChI is InChI=1S/C22H14Cl3N3O3/c23-16-7-2-1-5-13(16)11-27-12-15(14-6-4-10-28(31)22(14)27)20(29)21(30)26-19-17(24)8-3-9-18(19)25/h1-10,12H,11H2,(H,26,30). The molecule has 0 unspecified atom stereocenters. The summed E-state index contributed by atoms with van der Waals surface area (Å²) in [6, 6.07) is 15.0. The summed E-state index contributed by atoms with van der Waals surface area (Å²) < 4.78 is 2.23. The van der Waals surface area contributed by atoms with E-state index in [1.165, 1.54) is 18.5 Å². The molecule has 1 N–H and O–H groups in total. The van der Waals surface area contributed by atoms with Crippen LogP contribution in [0.5, 0.6) is 0 Å². The minimum Gasteiger partial charge on any atom is -0.711 e. The van der Waals surface area contributed by atoms with E-state index in [4.69, 9.17) is 34.8 Å². The molecule has 0 aliphatic heterocycles. The fourth-order valence-electron chi connectivity index (χ4n) is 3.28. The lowest BCUT2D eigenvalue weighted by Gasteiger charge is -2.08. The van der Waals surface area contributed by atoms with E-state index in [0.717, 1.165) is 5.56 Å². The molecule has 9 heteroatoms. The minimum absolute atomic E-state index is 0.0768. The Morgan fingerprint density at radius 2 is 1.61 bits per heavy atom. The van der Waals surface area contributed by atoms with Crippen molar-refractivity contribution in [3.8, 4) is 0 Å². The Morgan fingerprint density at radius 3 is 2.32 bits per heavy atom. The Morgan fingerprint density at radius 1 is 0.935 bits per heavy atom. The molecule has 4 aromatic rings. The number of pyridine rings is 1. The quantitative estimate of drug-likeness (QED) is 0.189. The number of para-hydroxylation sites is 1. The molecule has 0 saturated heterocycles. The molecule has 0 fully saturated rings. The summed E-state index contributed by atoms with van der Waals surface area (Å²) in [7, 11) is 0. The molecule has 156 valence electrons. The van der Waals surface area contributed by atoms with Gasteiger partial charge in [-0.3, -0.25) is 9.59 Å². The number of anilines is 1. The Hall–Kier alpha value is -3.06. The van der Waals surface area contributed by atoms with Gasteiger partial charge in [0.1, 0.15) is 12.7 Å². The maximum atomic E-state index is 13.0. The number of hydrogen-bond acceptors (Lipinski definition) is 3. The van der Waals surface area contributed by atoms with Crippen LogP contribution in [0.15, 0.2) is 67.0 Å². The molecule has 0 radical (unpaired) electrons. The van der Waals surface area contributed by atoms with Crippen LogP contribution in [0.2, 0.25) is 15.1 Å². The fraction of sp³-hybridized carbons (Fsp3) is 0.0455. The third kappa shape index (κ3) is 4.10. The van der Waals surface area contributed by atoms with Gasteiger partial charge in [-0.1, -0.05) is 59.1 Å². The second kappa shape index (κ2) is 8.59. The summed E-state index contributed by atoms with van der Waals surface area (Å²) in [5.74, 6) is -1.75. The Bertz CT molecular complexity index is 1310. The van der Waals surface area contributed by atoms with Gasteiger partial charge in [0.05, 0.1) is 32.9 Å². The second-order valence-corrected chi connectivity index (χ2v) is 7.93. The molecule has 2 heterocycles. The van der Waals surface area contributed by atoms with Gasteiger partial charge in [0.2, 0.25) is 0 Å². The first kappa shape index (κ1) is 21.2. The van der Waals surface area contributed by atoms with Crippen LogP contribution in [0.3, 0.4) is 0 Å². The first-order valence-electron chi connectivity index (χ1n) is 9.11. The number of halogens is 3. The van der Waals surface area contributed by atoms with Gasteiger partial charge in [-0.2, -0.15) is 0 Å². The van der Waals surface area contributed by atoms with Crippen LogP contribution in [0.25, 0.3) is 11.0 Å². The molecule has 0 saturated carbocycles. The largest absolute Gasteiger partial charge is 0.711 e. The summed E-state index contributed by atoms with van der Waals surface area (Å²) in [6.45, 7) is 0.244. The lowest BCUT2D eigenvalue weighted by molar-refractivity contribution is -0.580. The van der Waals surface area contributed by atoms with E-state index in [1.54, 1.807) is 41.0 Å². The van der Waals surface area contributed by atoms with E-state index in [0.29, 0.717) is 15.1 Å². The third-order valence-corrected chi connectivity index (χ3v) is 5.73. The smallest absolute Gasteiger partial charge is 0.297 e. The van der Waals surface area contributed by atoms with Gasteiger partial charge in [0.25, 0.3) is 17.3 Å². The molecule has 0 aliphatic carbocycles. The first-order chi connectivity index (χ1) is 14.9. The van der Waals surface area contributed by atoms with Crippen molar-refractivity contribution in [2.24, 2.45) is 0 Å². The number of nitrogens with zero attached hydrogens (tertiary/aromatic N) is 2. The van der Waals surface area contributed by atoms with Crippen molar-refractivity contribution >= 4 is 63.2 Å². The van der Waals surface area contributed by atoms with Crippen molar-refractivity contribution in [1.82, 2.24) is 4.57 Å². The number of amides is 1. The molecule has 2 aromatic heterocycles. The fourth-order valence-corrected chi connectivity index (χ4v) is 3.97. The highest BCUT2D eigenvalue weighted by atomic mass is 35.5. The van der Waals surface area contributed by atoms with Crippen LogP contribution in [0, 0.1) is 5.21 Å². The van der Waals surface area contributed by atoms with E-state index >= 15 is 0 Å². The van der Waals surface area contributed by atoms with Crippen molar-refractivity contribution in [2.45, 2.75) is 6.54 Å². The van der Waals surface area contributed by atoms with E-state index in [1.807, 2.05) is 12.1 Å². The molecule has 6 nitrogen and oxygen atoms in total. The van der Waals surface area contributed by atoms with Gasteiger partial charge in [-0.25, -0.2) is 9.30 Å². The lowest BCUT2D eigenvalue weighted by Crippen LogP contribution is -2.28. The van der Waals surface area contributed by atoms with Gasteiger partial charge in [-0.15, -0.1) is 0 Å². The SMILES string of the molecule is O=C(Nc1c(Cl)cccc1Cl)C(=O)c1cn(Cc2ccccc2Cl)c2c1ccc[n+]2[O-]. The maximum Gasteiger partial charge on any atom is 0.297 e. The van der Waals surface area contributed by atoms with Gasteiger partial charge in [0, 0.05) is 10.6 Å². The van der Waals surface area contributed by atoms with Crippen molar-refractivity contribution < 1.29 is 14.3 Å². The van der Waals surface area contributed by atoms with Gasteiger partial charge >= 0.3 is 0 Å². The summed E-state index contributed by atoms with van der Waals surface area (Å²) in [4.78, 5) is 25.7. The monoisotopic (exact) mass is 473 g/mol. The van der Waals surface area contributed by atoms with Crippen molar-refractivity contribution in [3.05, 3.63) is 98.4 Å². The van der Waals surface area contributed by atoms with Crippen LogP contribution < -0.4 is 10.0 Å². The van der Waals surface area contributed by atoms with Crippen LogP contribution >= 0.6 is 34.8 Å². The predicted octanol–water partition coefficient (Wildman–Crippen LogP) is 5.10. The number of carbonyl (C=O) groups is 2. The number of benzene rings is 2. The molecule has 2 aromatic carbocycles. The van der Waals surface area contributed by atoms with Gasteiger partial charge in [-0.05, 0) is 30.3 Å². The van der Waals surface area contributed by atoms with Crippen LogP contribution in [0.1, 0.15) is 15.9 Å². The van der Waals surface area contributed by atoms with Crippen LogP contribution in [-0.4, -0.2) is 16.3 Å². The topological polar surface area (TPSA) is 78.0 Å². The Balaban J connectivity index is 1.74. The number of aromatic nitrogens is 2. The molecule has 0 atom stereocenters. The van der Waals surface area contributed by atoms with E-state index in [2.05, 4.69) is 5.32 Å². The average molecular weight is 475 g/mol. The molecule has 0 bridgehead atoms. The second-order valence-electron chi connectivity index (χ2n) is 6.71. The van der Waals surface area contributed by atoms with E-state index in [9.17, 15) is 14.8 Å². The minimum atomic E-state index is -0.923. The predicted molar refractivity (Wildman–Crippen MR) is 121 cm³/mol. The number of ketones is 1. The maximum absolute atomic E-state index is 13.0. The zero-order chi connectivity index (χ0) is 22.1. The van der Waals surface area contributed by atoms with Gasteiger partial charge in [0.15, 0.2) is 0 Å². The summed E-state index contributed by atoms with van der Waals surface area (Å²) in [5, 5.41) is 16.2. The zero-order valence-corrected chi connectivity index (χ0v) is 18.1. The normalized spacial score (nSPS) is 10.9. The molecule has 0 aliphatic rings. The molecule has 1 amide bonds. The summed E-state index contributed by atoms with van der Waals surface area (Å²) in [6.07, 6.45) is 2.79. The first-order valence-corrected chi connectivity index (χ1v) is 10.2. The molecule has 4 rings (SSSR count). The third-order valence-electron chi connectivity index (χ3n) is 4.73. The van der Waals surface area contributed by atoms with Crippen LogP contribution in [-0.2, 0) is 11.3 Å². The van der Waals surface area contributed by atoms with Crippen molar-refractivity contribution in [2.75, 3.05) is 5.32 Å². The van der Waals surface area contributed by atoms with Crippen molar-refractivity contribution in [1.29, 1.82) is 0 Å². The average Bonchev–Trinajstić information content (AvgIpc) is 3.11. The number of carbonyl (C=O) groups excluding carboxylic acids is 2. The van der Waals surface area contributed by atoms with Gasteiger partial charge < -0.3 is 10.5 Å². The molecular formula is C22H14Cl3N3O3. The lowest BCUT2D eigenvalue weighted by atomic mass is 10.1.